The molecule has 112 valence electrons. The number of anilines is 1. The van der Waals surface area contributed by atoms with E-state index in [1.165, 1.54) is 0 Å². The molecule has 6 heteroatoms. The van der Waals surface area contributed by atoms with Crippen molar-refractivity contribution in [1.82, 2.24) is 15.6 Å². The van der Waals surface area contributed by atoms with Crippen LogP contribution in [0.4, 0.5) is 10.6 Å². The SMILES string of the molecule is CC(CO)C(C)NC(=O)NCc1cccc(N(C)C)n1. The third kappa shape index (κ3) is 5.05. The van der Waals surface area contributed by atoms with E-state index in [0.29, 0.717) is 6.54 Å². The molecule has 2 unspecified atom stereocenters. The zero-order valence-corrected chi connectivity index (χ0v) is 12.6. The van der Waals surface area contributed by atoms with E-state index < -0.39 is 0 Å². The summed E-state index contributed by atoms with van der Waals surface area (Å²) in [5.74, 6) is 0.878. The molecule has 0 bridgehead atoms. The molecular formula is C14H24N4O2. The standard InChI is InChI=1S/C14H24N4O2/c1-10(9-19)11(2)16-14(20)15-8-12-6-5-7-13(17-12)18(3)4/h5-7,10-11,19H,8-9H2,1-4H3,(H2,15,16,20). The molecule has 0 fully saturated rings. The van der Waals surface area contributed by atoms with Crippen molar-refractivity contribution in [3.8, 4) is 0 Å². The second kappa shape index (κ2) is 7.69. The van der Waals surface area contributed by atoms with Crippen LogP contribution in [0.15, 0.2) is 18.2 Å². The fourth-order valence-electron chi connectivity index (χ4n) is 1.54. The number of hydrogen-bond acceptors (Lipinski definition) is 4. The Hall–Kier alpha value is -1.82. The maximum atomic E-state index is 11.7. The van der Waals surface area contributed by atoms with Gasteiger partial charge in [0.2, 0.25) is 0 Å². The van der Waals surface area contributed by atoms with Crippen LogP contribution in [0.25, 0.3) is 0 Å². The van der Waals surface area contributed by atoms with E-state index in [2.05, 4.69) is 15.6 Å². The molecule has 1 aromatic rings. The fraction of sp³-hybridized carbons (Fsp3) is 0.571. The lowest BCUT2D eigenvalue weighted by molar-refractivity contribution is 0.200. The Kier molecular flexibility index (Phi) is 6.24. The van der Waals surface area contributed by atoms with Crippen molar-refractivity contribution in [3.05, 3.63) is 23.9 Å². The van der Waals surface area contributed by atoms with Crippen molar-refractivity contribution >= 4 is 11.8 Å². The summed E-state index contributed by atoms with van der Waals surface area (Å²) >= 11 is 0. The van der Waals surface area contributed by atoms with Crippen LogP contribution in [0.5, 0.6) is 0 Å². The van der Waals surface area contributed by atoms with Crippen LogP contribution < -0.4 is 15.5 Å². The van der Waals surface area contributed by atoms with Gasteiger partial charge in [-0.05, 0) is 25.0 Å². The third-order valence-electron chi connectivity index (χ3n) is 3.18. The number of nitrogens with one attached hydrogen (secondary N) is 2. The van der Waals surface area contributed by atoms with Crippen molar-refractivity contribution < 1.29 is 9.90 Å². The van der Waals surface area contributed by atoms with Gasteiger partial charge in [-0.15, -0.1) is 0 Å². The minimum Gasteiger partial charge on any atom is -0.396 e. The Morgan fingerprint density at radius 3 is 2.70 bits per heavy atom. The number of carbonyl (C=O) groups is 1. The Balaban J connectivity index is 2.47. The number of amides is 2. The van der Waals surface area contributed by atoms with Crippen molar-refractivity contribution in [2.75, 3.05) is 25.6 Å². The molecule has 2 atom stereocenters. The smallest absolute Gasteiger partial charge is 0.315 e. The highest BCUT2D eigenvalue weighted by Gasteiger charge is 2.13. The molecule has 0 saturated carbocycles. The lowest BCUT2D eigenvalue weighted by atomic mass is 10.1. The average Bonchev–Trinajstić information content (AvgIpc) is 2.44. The molecular weight excluding hydrogens is 256 g/mol. The first-order chi connectivity index (χ1) is 9.43. The highest BCUT2D eigenvalue weighted by atomic mass is 16.3. The number of hydrogen-bond donors (Lipinski definition) is 3. The largest absolute Gasteiger partial charge is 0.396 e. The van der Waals surface area contributed by atoms with E-state index in [1.54, 1.807) is 0 Å². The molecule has 6 nitrogen and oxygen atoms in total. The van der Waals surface area contributed by atoms with Gasteiger partial charge in [0.15, 0.2) is 0 Å². The molecule has 0 spiro atoms. The monoisotopic (exact) mass is 280 g/mol. The van der Waals surface area contributed by atoms with Crippen LogP contribution in [-0.2, 0) is 6.54 Å². The number of carbonyl (C=O) groups excluding carboxylic acids is 1. The van der Waals surface area contributed by atoms with Gasteiger partial charge in [-0.2, -0.15) is 0 Å². The average molecular weight is 280 g/mol. The van der Waals surface area contributed by atoms with Crippen LogP contribution in [0.2, 0.25) is 0 Å². The van der Waals surface area contributed by atoms with Crippen molar-refractivity contribution in [2.45, 2.75) is 26.4 Å². The van der Waals surface area contributed by atoms with Crippen molar-refractivity contribution in [2.24, 2.45) is 5.92 Å². The van der Waals surface area contributed by atoms with E-state index in [1.807, 2.05) is 51.0 Å². The van der Waals surface area contributed by atoms with E-state index in [0.717, 1.165) is 11.5 Å². The zero-order chi connectivity index (χ0) is 15.1. The molecule has 1 rings (SSSR count). The van der Waals surface area contributed by atoms with Gasteiger partial charge in [-0.3, -0.25) is 0 Å². The Morgan fingerprint density at radius 2 is 2.10 bits per heavy atom. The minimum atomic E-state index is -0.255. The predicted molar refractivity (Wildman–Crippen MR) is 79.6 cm³/mol. The normalized spacial score (nSPS) is 13.4. The molecule has 2 amide bonds. The summed E-state index contributed by atoms with van der Waals surface area (Å²) in [7, 11) is 3.84. The summed E-state index contributed by atoms with van der Waals surface area (Å²) in [4.78, 5) is 18.1. The summed E-state index contributed by atoms with van der Waals surface area (Å²) in [6.45, 7) is 4.17. The van der Waals surface area contributed by atoms with Crippen LogP contribution in [0, 0.1) is 5.92 Å². The molecule has 20 heavy (non-hydrogen) atoms. The lowest BCUT2D eigenvalue weighted by Gasteiger charge is -2.19. The summed E-state index contributed by atoms with van der Waals surface area (Å²) in [5, 5.41) is 14.6. The maximum absolute atomic E-state index is 11.7. The highest BCUT2D eigenvalue weighted by molar-refractivity contribution is 5.74. The summed E-state index contributed by atoms with van der Waals surface area (Å²) in [6.07, 6.45) is 0. The summed E-state index contributed by atoms with van der Waals surface area (Å²) in [5.41, 5.74) is 0.800. The second-order valence-electron chi connectivity index (χ2n) is 5.16. The maximum Gasteiger partial charge on any atom is 0.315 e. The van der Waals surface area contributed by atoms with E-state index in [4.69, 9.17) is 5.11 Å². The second-order valence-corrected chi connectivity index (χ2v) is 5.16. The van der Waals surface area contributed by atoms with Crippen molar-refractivity contribution in [3.63, 3.8) is 0 Å². The predicted octanol–water partition coefficient (Wildman–Crippen LogP) is 0.964. The zero-order valence-electron chi connectivity index (χ0n) is 12.6. The van der Waals surface area contributed by atoms with Gasteiger partial charge in [-0.25, -0.2) is 9.78 Å². The molecule has 0 aliphatic rings. The summed E-state index contributed by atoms with van der Waals surface area (Å²) in [6, 6.07) is 5.35. The van der Waals surface area contributed by atoms with Gasteiger partial charge in [-0.1, -0.05) is 13.0 Å². The van der Waals surface area contributed by atoms with Gasteiger partial charge in [0.1, 0.15) is 5.82 Å². The lowest BCUT2D eigenvalue weighted by Crippen LogP contribution is -2.44. The molecule has 1 aromatic heterocycles. The molecule has 3 N–H and O–H groups in total. The number of urea groups is 1. The van der Waals surface area contributed by atoms with E-state index in [9.17, 15) is 4.79 Å². The summed E-state index contributed by atoms with van der Waals surface area (Å²) < 4.78 is 0. The fourth-order valence-corrected chi connectivity index (χ4v) is 1.54. The van der Waals surface area contributed by atoms with Gasteiger partial charge in [0, 0.05) is 26.7 Å². The highest BCUT2D eigenvalue weighted by Crippen LogP contribution is 2.07. The third-order valence-corrected chi connectivity index (χ3v) is 3.18. The first-order valence-electron chi connectivity index (χ1n) is 6.72. The van der Waals surface area contributed by atoms with Crippen LogP contribution in [0.3, 0.4) is 0 Å². The van der Waals surface area contributed by atoms with E-state index in [-0.39, 0.29) is 24.6 Å². The van der Waals surface area contributed by atoms with Gasteiger partial charge in [0.25, 0.3) is 0 Å². The number of rotatable bonds is 6. The minimum absolute atomic E-state index is 0.0240. The van der Waals surface area contributed by atoms with Crippen molar-refractivity contribution in [1.29, 1.82) is 0 Å². The van der Waals surface area contributed by atoms with Crippen LogP contribution >= 0.6 is 0 Å². The Bertz CT molecular complexity index is 437. The van der Waals surface area contributed by atoms with Crippen LogP contribution in [0.1, 0.15) is 19.5 Å². The Labute approximate surface area is 120 Å². The Morgan fingerprint density at radius 1 is 1.40 bits per heavy atom. The number of nitrogens with zero attached hydrogens (tertiary/aromatic N) is 2. The number of aliphatic hydroxyl groups is 1. The number of aliphatic hydroxyl groups excluding tert-OH is 1. The number of pyridine rings is 1. The molecule has 0 aromatic carbocycles. The van der Waals surface area contributed by atoms with Gasteiger partial charge in [0.05, 0.1) is 12.2 Å². The number of aromatic nitrogens is 1. The quantitative estimate of drug-likeness (QED) is 0.725. The first kappa shape index (κ1) is 16.2. The van der Waals surface area contributed by atoms with Gasteiger partial charge >= 0.3 is 6.03 Å². The molecule has 1 heterocycles. The molecule has 0 saturated heterocycles. The topological polar surface area (TPSA) is 77.5 Å². The van der Waals surface area contributed by atoms with Crippen LogP contribution in [-0.4, -0.2) is 42.9 Å². The molecule has 0 radical (unpaired) electrons. The van der Waals surface area contributed by atoms with Gasteiger partial charge < -0.3 is 20.6 Å². The first-order valence-corrected chi connectivity index (χ1v) is 6.72. The molecule has 0 aliphatic heterocycles. The van der Waals surface area contributed by atoms with E-state index >= 15 is 0 Å². The molecule has 0 aliphatic carbocycles.